The number of hydrogen-bond donors (Lipinski definition) is 0. The first-order valence-corrected chi connectivity index (χ1v) is 8.78. The molecule has 0 aromatic heterocycles. The Morgan fingerprint density at radius 3 is 1.46 bits per heavy atom. The zero-order valence-corrected chi connectivity index (χ0v) is 14.6. The number of benzene rings is 3. The van der Waals surface area contributed by atoms with Crippen molar-refractivity contribution in [3.05, 3.63) is 101 Å². The summed E-state index contributed by atoms with van der Waals surface area (Å²) in [4.78, 5) is 27.8. The van der Waals surface area contributed by atoms with Gasteiger partial charge in [-0.3, -0.25) is 9.59 Å². The minimum atomic E-state index is -0.540. The Morgan fingerprint density at radius 1 is 0.615 bits per heavy atom. The van der Waals surface area contributed by atoms with E-state index < -0.39 is 11.8 Å². The van der Waals surface area contributed by atoms with Crippen LogP contribution in [0.5, 0.6) is 0 Å². The molecule has 1 aliphatic rings. The molecule has 26 heavy (non-hydrogen) atoms. The Bertz CT molecular complexity index is 881. The van der Waals surface area contributed by atoms with Crippen LogP contribution in [0.15, 0.2) is 84.9 Å². The van der Waals surface area contributed by atoms with Crippen molar-refractivity contribution in [2.75, 3.05) is 4.90 Å². The Balaban J connectivity index is 1.84. The molecule has 0 bridgehead atoms. The molecular formula is C22H16ClNO2. The summed E-state index contributed by atoms with van der Waals surface area (Å²) in [7, 11) is 0. The Morgan fingerprint density at radius 2 is 1.04 bits per heavy atom. The van der Waals surface area contributed by atoms with Gasteiger partial charge in [0.05, 0.1) is 17.5 Å². The molecule has 1 heterocycles. The molecule has 2 atom stereocenters. The molecule has 1 aliphatic heterocycles. The third-order valence-corrected chi connectivity index (χ3v) is 4.96. The number of amides is 2. The molecule has 3 aromatic carbocycles. The van der Waals surface area contributed by atoms with E-state index in [1.54, 1.807) is 24.3 Å². The Labute approximate surface area is 156 Å². The van der Waals surface area contributed by atoms with Gasteiger partial charge in [-0.25, -0.2) is 4.90 Å². The van der Waals surface area contributed by atoms with Gasteiger partial charge in [-0.2, -0.15) is 0 Å². The topological polar surface area (TPSA) is 37.4 Å². The molecule has 0 aliphatic carbocycles. The lowest BCUT2D eigenvalue weighted by Crippen LogP contribution is -2.30. The van der Waals surface area contributed by atoms with Crippen molar-refractivity contribution < 1.29 is 9.59 Å². The molecule has 0 N–H and O–H groups in total. The molecule has 4 rings (SSSR count). The second kappa shape index (κ2) is 6.77. The highest BCUT2D eigenvalue weighted by molar-refractivity contribution is 6.31. The normalized spacial score (nSPS) is 19.8. The summed E-state index contributed by atoms with van der Waals surface area (Å²) in [6.45, 7) is 0. The van der Waals surface area contributed by atoms with E-state index in [0.29, 0.717) is 10.7 Å². The maximum Gasteiger partial charge on any atom is 0.242 e. The summed E-state index contributed by atoms with van der Waals surface area (Å²) in [5, 5.41) is 0.562. The Hall–Kier alpha value is -2.91. The molecule has 128 valence electrons. The van der Waals surface area contributed by atoms with Gasteiger partial charge in [0, 0.05) is 5.02 Å². The van der Waals surface area contributed by atoms with Crippen LogP contribution in [0.1, 0.15) is 23.0 Å². The quantitative estimate of drug-likeness (QED) is 0.629. The number of carbonyl (C=O) groups excluding carboxylic acids is 2. The predicted octanol–water partition coefficient (Wildman–Crippen LogP) is 4.78. The van der Waals surface area contributed by atoms with Crippen molar-refractivity contribution in [3.8, 4) is 0 Å². The van der Waals surface area contributed by atoms with E-state index in [1.807, 2.05) is 60.7 Å². The van der Waals surface area contributed by atoms with E-state index >= 15 is 0 Å². The van der Waals surface area contributed by atoms with Crippen molar-refractivity contribution in [1.82, 2.24) is 0 Å². The molecule has 3 aromatic rings. The lowest BCUT2D eigenvalue weighted by Gasteiger charge is -2.15. The van der Waals surface area contributed by atoms with Crippen LogP contribution >= 0.6 is 11.6 Å². The number of anilines is 1. The van der Waals surface area contributed by atoms with E-state index in [4.69, 9.17) is 11.6 Å². The van der Waals surface area contributed by atoms with Crippen molar-refractivity contribution in [3.63, 3.8) is 0 Å². The van der Waals surface area contributed by atoms with Crippen molar-refractivity contribution in [2.24, 2.45) is 0 Å². The van der Waals surface area contributed by atoms with Crippen LogP contribution in [0.3, 0.4) is 0 Å². The summed E-state index contributed by atoms with van der Waals surface area (Å²) >= 11 is 5.95. The van der Waals surface area contributed by atoms with Crippen LogP contribution in [-0.2, 0) is 9.59 Å². The average molecular weight is 362 g/mol. The maximum absolute atomic E-state index is 13.3. The molecular weight excluding hydrogens is 346 g/mol. The van der Waals surface area contributed by atoms with E-state index in [2.05, 4.69) is 0 Å². The minimum Gasteiger partial charge on any atom is -0.273 e. The first-order chi connectivity index (χ1) is 12.7. The molecule has 0 radical (unpaired) electrons. The largest absolute Gasteiger partial charge is 0.273 e. The molecule has 1 fully saturated rings. The van der Waals surface area contributed by atoms with Crippen LogP contribution in [0.4, 0.5) is 5.69 Å². The van der Waals surface area contributed by atoms with Gasteiger partial charge in [-0.1, -0.05) is 72.3 Å². The van der Waals surface area contributed by atoms with Gasteiger partial charge in [-0.05, 0) is 35.4 Å². The van der Waals surface area contributed by atoms with Crippen LogP contribution in [0.2, 0.25) is 5.02 Å². The number of carbonyl (C=O) groups is 2. The van der Waals surface area contributed by atoms with Gasteiger partial charge in [0.25, 0.3) is 0 Å². The molecule has 3 nitrogen and oxygen atoms in total. The standard InChI is InChI=1S/C22H16ClNO2/c23-17-11-13-18(14-12-17)24-21(25)19(15-7-3-1-4-8-15)20(22(24)26)16-9-5-2-6-10-16/h1-14,19-20H. The smallest absolute Gasteiger partial charge is 0.242 e. The van der Waals surface area contributed by atoms with E-state index in [0.717, 1.165) is 11.1 Å². The fourth-order valence-electron chi connectivity index (χ4n) is 3.51. The van der Waals surface area contributed by atoms with E-state index in [9.17, 15) is 9.59 Å². The minimum absolute atomic E-state index is 0.211. The van der Waals surface area contributed by atoms with E-state index in [-0.39, 0.29) is 11.8 Å². The fraction of sp³-hybridized carbons (Fsp3) is 0.0909. The van der Waals surface area contributed by atoms with Crippen molar-refractivity contribution >= 4 is 29.1 Å². The molecule has 2 amide bonds. The highest BCUT2D eigenvalue weighted by atomic mass is 35.5. The van der Waals surface area contributed by atoms with Crippen LogP contribution in [0, 0.1) is 0 Å². The van der Waals surface area contributed by atoms with Crippen LogP contribution in [0.25, 0.3) is 0 Å². The SMILES string of the molecule is O=C1C(c2ccccc2)C(c2ccccc2)C(=O)N1c1ccc(Cl)cc1. The number of hydrogen-bond acceptors (Lipinski definition) is 2. The van der Waals surface area contributed by atoms with Gasteiger partial charge in [0.1, 0.15) is 0 Å². The second-order valence-electron chi connectivity index (χ2n) is 6.27. The fourth-order valence-corrected chi connectivity index (χ4v) is 3.63. The summed E-state index contributed by atoms with van der Waals surface area (Å²) in [5.74, 6) is -1.50. The van der Waals surface area contributed by atoms with Gasteiger partial charge in [0.2, 0.25) is 11.8 Å². The first-order valence-electron chi connectivity index (χ1n) is 8.40. The summed E-state index contributed by atoms with van der Waals surface area (Å²) < 4.78 is 0. The number of halogens is 1. The van der Waals surface area contributed by atoms with E-state index in [1.165, 1.54) is 4.90 Å². The highest BCUT2D eigenvalue weighted by Gasteiger charge is 2.49. The molecule has 4 heteroatoms. The highest BCUT2D eigenvalue weighted by Crippen LogP contribution is 2.43. The van der Waals surface area contributed by atoms with Crippen molar-refractivity contribution in [2.45, 2.75) is 11.8 Å². The number of rotatable bonds is 3. The number of imide groups is 1. The lowest BCUT2D eigenvalue weighted by molar-refractivity contribution is -0.121. The predicted molar refractivity (Wildman–Crippen MR) is 102 cm³/mol. The molecule has 0 saturated carbocycles. The van der Waals surface area contributed by atoms with Gasteiger partial charge in [-0.15, -0.1) is 0 Å². The van der Waals surface area contributed by atoms with Gasteiger partial charge >= 0.3 is 0 Å². The third kappa shape index (κ3) is 2.80. The summed E-state index contributed by atoms with van der Waals surface area (Å²) in [6, 6.07) is 25.7. The molecule has 0 spiro atoms. The Kier molecular flexibility index (Phi) is 4.31. The summed E-state index contributed by atoms with van der Waals surface area (Å²) in [5.41, 5.74) is 2.23. The maximum atomic E-state index is 13.3. The lowest BCUT2D eigenvalue weighted by atomic mass is 9.83. The summed E-state index contributed by atoms with van der Waals surface area (Å²) in [6.07, 6.45) is 0. The van der Waals surface area contributed by atoms with Crippen molar-refractivity contribution in [1.29, 1.82) is 0 Å². The zero-order valence-electron chi connectivity index (χ0n) is 13.9. The first kappa shape index (κ1) is 16.6. The third-order valence-electron chi connectivity index (χ3n) is 4.71. The monoisotopic (exact) mass is 361 g/mol. The average Bonchev–Trinajstić information content (AvgIpc) is 2.94. The van der Waals surface area contributed by atoms with Crippen LogP contribution in [-0.4, -0.2) is 11.8 Å². The van der Waals surface area contributed by atoms with Gasteiger partial charge in [0.15, 0.2) is 0 Å². The van der Waals surface area contributed by atoms with Gasteiger partial charge < -0.3 is 0 Å². The van der Waals surface area contributed by atoms with Crippen LogP contribution < -0.4 is 4.90 Å². The zero-order chi connectivity index (χ0) is 18.1. The molecule has 2 unspecified atom stereocenters. The number of nitrogens with zero attached hydrogens (tertiary/aromatic N) is 1. The second-order valence-corrected chi connectivity index (χ2v) is 6.70. The molecule has 1 saturated heterocycles.